The van der Waals surface area contributed by atoms with Gasteiger partial charge in [-0.05, 0) is 47.7 Å². The van der Waals surface area contributed by atoms with Gasteiger partial charge in [0.25, 0.3) is 0 Å². The van der Waals surface area contributed by atoms with Gasteiger partial charge < -0.3 is 9.47 Å². The molecule has 0 amide bonds. The molecular weight excluding hydrogens is 500 g/mol. The number of carbonyl (C=O) groups excluding carboxylic acids is 1. The van der Waals surface area contributed by atoms with Crippen molar-refractivity contribution in [3.05, 3.63) is 48.5 Å². The van der Waals surface area contributed by atoms with Gasteiger partial charge in [0, 0.05) is 0 Å². The van der Waals surface area contributed by atoms with Crippen LogP contribution < -0.4 is 9.47 Å². The van der Waals surface area contributed by atoms with E-state index in [1.165, 1.54) is 70.6 Å². The summed E-state index contributed by atoms with van der Waals surface area (Å²) in [7, 11) is 0. The smallest absolute Gasteiger partial charge is 0.325 e. The van der Waals surface area contributed by atoms with Crippen molar-refractivity contribution in [1.82, 2.24) is 0 Å². The molecule has 0 spiro atoms. The van der Waals surface area contributed by atoms with E-state index in [0.717, 1.165) is 29.9 Å². The first kappa shape index (κ1) is 29.4. The zero-order valence-corrected chi connectivity index (χ0v) is 23.7. The molecule has 35 heavy (non-hydrogen) atoms. The van der Waals surface area contributed by atoms with Crippen molar-refractivity contribution in [1.29, 1.82) is 0 Å². The van der Waals surface area contributed by atoms with Crippen LogP contribution in [-0.2, 0) is 4.79 Å². The molecule has 2 aromatic carbocycles. The van der Waals surface area contributed by atoms with Gasteiger partial charge in [0.1, 0.15) is 16.3 Å². The Hall–Kier alpha value is -1.81. The first-order valence-electron chi connectivity index (χ1n) is 13.7. The van der Waals surface area contributed by atoms with E-state index in [4.69, 9.17) is 9.47 Å². The lowest BCUT2D eigenvalue weighted by molar-refractivity contribution is -0.134. The minimum absolute atomic E-state index is 0.183. The molecule has 4 heteroatoms. The Balaban J connectivity index is 1.59. The molecule has 2 rings (SSSR count). The van der Waals surface area contributed by atoms with Crippen LogP contribution in [0.3, 0.4) is 0 Å². The number of benzene rings is 2. The minimum Gasteiger partial charge on any atom is -0.494 e. The van der Waals surface area contributed by atoms with E-state index in [1.807, 2.05) is 50.2 Å². The van der Waals surface area contributed by atoms with Crippen LogP contribution in [0.15, 0.2) is 48.5 Å². The van der Waals surface area contributed by atoms with Crippen molar-refractivity contribution in [2.45, 2.75) is 103 Å². The Morgan fingerprint density at radius 3 is 1.57 bits per heavy atom. The number of alkyl halides is 1. The van der Waals surface area contributed by atoms with E-state index in [2.05, 4.69) is 35.0 Å². The third-order valence-corrected chi connectivity index (χ3v) is 7.77. The molecule has 0 N–H and O–H groups in total. The molecule has 0 radical (unpaired) electrons. The summed E-state index contributed by atoms with van der Waals surface area (Å²) in [5.41, 5.74) is 2.19. The Bertz CT molecular complexity index is 814. The third-order valence-electron chi connectivity index (χ3n) is 6.34. The number of halogens is 1. The Labute approximate surface area is 222 Å². The second kappa shape index (κ2) is 17.6. The number of ether oxygens (including phenoxy) is 2. The van der Waals surface area contributed by atoms with Gasteiger partial charge in [-0.3, -0.25) is 4.79 Å². The average Bonchev–Trinajstić information content (AvgIpc) is 2.87. The maximum atomic E-state index is 12.1. The largest absolute Gasteiger partial charge is 0.494 e. The van der Waals surface area contributed by atoms with Gasteiger partial charge in [-0.2, -0.15) is 0 Å². The van der Waals surface area contributed by atoms with Crippen molar-refractivity contribution in [3.63, 3.8) is 0 Å². The fourth-order valence-electron chi connectivity index (χ4n) is 4.04. The molecule has 1 unspecified atom stereocenters. The lowest BCUT2D eigenvalue weighted by Crippen LogP contribution is -2.24. The lowest BCUT2D eigenvalue weighted by atomic mass is 10.1. The van der Waals surface area contributed by atoms with Crippen molar-refractivity contribution >= 4 is 21.9 Å². The fourth-order valence-corrected chi connectivity index (χ4v) is 4.13. The summed E-state index contributed by atoms with van der Waals surface area (Å²) in [6.07, 6.45) is 16.2. The summed E-state index contributed by atoms with van der Waals surface area (Å²) in [6.45, 7) is 7.02. The van der Waals surface area contributed by atoms with Crippen LogP contribution in [0.2, 0.25) is 0 Å². The summed E-state index contributed by atoms with van der Waals surface area (Å²) in [4.78, 5) is 11.8. The lowest BCUT2D eigenvalue weighted by Gasteiger charge is -2.13. The Kier molecular flexibility index (Phi) is 14.8. The molecule has 3 nitrogen and oxygen atoms in total. The molecule has 1 atom stereocenters. The van der Waals surface area contributed by atoms with Gasteiger partial charge in [-0.25, -0.2) is 0 Å². The number of carbonyl (C=O) groups is 1. The number of esters is 1. The second-order valence-electron chi connectivity index (χ2n) is 9.85. The van der Waals surface area contributed by atoms with Gasteiger partial charge in [0.05, 0.1) is 6.61 Å². The summed E-state index contributed by atoms with van der Waals surface area (Å²) < 4.78 is 11.4. The molecular formula is C31H45BrO3. The van der Waals surface area contributed by atoms with Gasteiger partial charge in [0.2, 0.25) is 0 Å². The zero-order chi connectivity index (χ0) is 25.3. The zero-order valence-electron chi connectivity index (χ0n) is 22.1. The van der Waals surface area contributed by atoms with Crippen LogP contribution in [0.5, 0.6) is 11.5 Å². The molecule has 0 aliphatic carbocycles. The molecule has 0 fully saturated rings. The van der Waals surface area contributed by atoms with Gasteiger partial charge in [0.15, 0.2) is 0 Å². The van der Waals surface area contributed by atoms with Crippen molar-refractivity contribution < 1.29 is 14.3 Å². The molecule has 0 bridgehead atoms. The van der Waals surface area contributed by atoms with Gasteiger partial charge in [-0.1, -0.05) is 132 Å². The second-order valence-corrected chi connectivity index (χ2v) is 10.8. The monoisotopic (exact) mass is 544 g/mol. The first-order chi connectivity index (χ1) is 17.0. The molecule has 0 heterocycles. The number of rotatable bonds is 18. The average molecular weight is 546 g/mol. The maximum Gasteiger partial charge on any atom is 0.325 e. The highest BCUT2D eigenvalue weighted by Gasteiger charge is 2.20. The Morgan fingerprint density at radius 1 is 0.686 bits per heavy atom. The highest BCUT2D eigenvalue weighted by molar-refractivity contribution is 9.10. The quantitative estimate of drug-likeness (QED) is 0.0809. The summed E-state index contributed by atoms with van der Waals surface area (Å²) >= 11 is 3.39. The van der Waals surface area contributed by atoms with Crippen LogP contribution in [0.4, 0.5) is 0 Å². The highest BCUT2D eigenvalue weighted by atomic mass is 79.9. The number of hydrogen-bond acceptors (Lipinski definition) is 3. The van der Waals surface area contributed by atoms with Gasteiger partial charge in [-0.15, -0.1) is 0 Å². The van der Waals surface area contributed by atoms with E-state index >= 15 is 0 Å². The van der Waals surface area contributed by atoms with E-state index in [-0.39, 0.29) is 16.7 Å². The topological polar surface area (TPSA) is 35.5 Å². The normalized spacial score (nSPS) is 12.0. The van der Waals surface area contributed by atoms with Gasteiger partial charge >= 0.3 is 5.97 Å². The van der Waals surface area contributed by atoms with Crippen molar-refractivity contribution in [3.8, 4) is 22.6 Å². The number of hydrogen-bond donors (Lipinski definition) is 0. The fraction of sp³-hybridized carbons (Fsp3) is 0.581. The number of unbranched alkanes of at least 4 members (excludes halogenated alkanes) is 11. The van der Waals surface area contributed by atoms with E-state index in [1.54, 1.807) is 0 Å². The van der Waals surface area contributed by atoms with Crippen LogP contribution in [0.25, 0.3) is 11.1 Å². The predicted octanol–water partition coefficient (Wildman–Crippen LogP) is 9.76. The van der Waals surface area contributed by atoms with E-state index < -0.39 is 0 Å². The van der Waals surface area contributed by atoms with E-state index in [9.17, 15) is 4.79 Å². The Morgan fingerprint density at radius 2 is 1.11 bits per heavy atom. The molecule has 0 aliphatic heterocycles. The van der Waals surface area contributed by atoms with E-state index in [0.29, 0.717) is 5.75 Å². The molecule has 0 aromatic heterocycles. The maximum absolute atomic E-state index is 12.1. The molecule has 194 valence electrons. The van der Waals surface area contributed by atoms with Crippen LogP contribution >= 0.6 is 15.9 Å². The van der Waals surface area contributed by atoms with Crippen LogP contribution in [0, 0.1) is 5.92 Å². The van der Waals surface area contributed by atoms with Crippen LogP contribution in [0.1, 0.15) is 97.8 Å². The standard InChI is InChI=1S/C31H45BrO3/c1-4-5-6-7-8-9-10-11-12-13-14-15-24-34-28-20-16-26(17-21-28)27-18-22-29(23-19-27)35-31(33)30(32)25(2)3/h16-23,25,30H,4-15,24H2,1-3H3. The van der Waals surface area contributed by atoms with Crippen molar-refractivity contribution in [2.75, 3.05) is 6.61 Å². The summed E-state index contributed by atoms with van der Waals surface area (Å²) in [5.74, 6) is 1.40. The SMILES string of the molecule is CCCCCCCCCCCCCCOc1ccc(-c2ccc(OC(=O)C(Br)C(C)C)cc2)cc1. The third kappa shape index (κ3) is 12.1. The predicted molar refractivity (Wildman–Crippen MR) is 152 cm³/mol. The molecule has 0 aliphatic rings. The summed E-state index contributed by atoms with van der Waals surface area (Å²) in [5, 5.41) is 0. The van der Waals surface area contributed by atoms with Crippen LogP contribution in [-0.4, -0.2) is 17.4 Å². The first-order valence-corrected chi connectivity index (χ1v) is 14.6. The molecule has 0 saturated heterocycles. The molecule has 2 aromatic rings. The summed E-state index contributed by atoms with van der Waals surface area (Å²) in [6, 6.07) is 15.8. The minimum atomic E-state index is -0.301. The highest BCUT2D eigenvalue weighted by Crippen LogP contribution is 2.26. The molecule has 0 saturated carbocycles. The van der Waals surface area contributed by atoms with Crippen molar-refractivity contribution in [2.24, 2.45) is 5.92 Å².